The average Bonchev–Trinajstić information content (AvgIpc) is 2.86. The number of aliphatic hydroxyl groups excluding tert-OH is 1. The minimum Gasteiger partial charge on any atom is -0.392 e. The van der Waals surface area contributed by atoms with Crippen molar-refractivity contribution in [2.24, 2.45) is 0 Å². The molecule has 1 unspecified atom stereocenters. The Morgan fingerprint density at radius 2 is 1.85 bits per heavy atom. The van der Waals surface area contributed by atoms with Crippen LogP contribution in [0.15, 0.2) is 24.3 Å². The third-order valence-electron chi connectivity index (χ3n) is 3.01. The van der Waals surface area contributed by atoms with E-state index >= 15 is 0 Å². The number of benzene rings is 1. The molecule has 1 aromatic carbocycles. The molecule has 70 valence electrons. The minimum atomic E-state index is -0.335. The molecule has 0 aliphatic heterocycles. The first-order valence-electron chi connectivity index (χ1n) is 4.59. The first-order chi connectivity index (χ1) is 6.15. The standard InChI is InChI=1S/C11H13FO/c1-8(13)11(6-7-11)9-2-4-10(12)5-3-9/h2-5,8,13H,6-7H2,1H3. The van der Waals surface area contributed by atoms with Crippen molar-refractivity contribution in [3.8, 4) is 0 Å². The van der Waals surface area contributed by atoms with Crippen LogP contribution in [0.1, 0.15) is 25.3 Å². The van der Waals surface area contributed by atoms with E-state index in [0.717, 1.165) is 18.4 Å². The maximum atomic E-state index is 12.6. The largest absolute Gasteiger partial charge is 0.392 e. The molecule has 1 N–H and O–H groups in total. The third-order valence-corrected chi connectivity index (χ3v) is 3.01. The van der Waals surface area contributed by atoms with Gasteiger partial charge in [0, 0.05) is 5.41 Å². The topological polar surface area (TPSA) is 20.2 Å². The summed E-state index contributed by atoms with van der Waals surface area (Å²) in [7, 11) is 0. The van der Waals surface area contributed by atoms with Gasteiger partial charge in [-0.05, 0) is 37.5 Å². The molecular formula is C11H13FO. The van der Waals surface area contributed by atoms with Crippen LogP contribution in [0.3, 0.4) is 0 Å². The maximum Gasteiger partial charge on any atom is 0.123 e. The summed E-state index contributed by atoms with van der Waals surface area (Å²) in [5.74, 6) is -0.217. The lowest BCUT2D eigenvalue weighted by atomic mass is 9.91. The summed E-state index contributed by atoms with van der Waals surface area (Å²) in [5.41, 5.74) is 0.983. The van der Waals surface area contributed by atoms with Gasteiger partial charge in [0.15, 0.2) is 0 Å². The lowest BCUT2D eigenvalue weighted by molar-refractivity contribution is 0.150. The molecule has 2 rings (SSSR count). The third kappa shape index (κ3) is 1.35. The Morgan fingerprint density at radius 3 is 2.23 bits per heavy atom. The Bertz CT molecular complexity index is 298. The normalized spacial score (nSPS) is 21.2. The van der Waals surface area contributed by atoms with Crippen LogP contribution < -0.4 is 0 Å². The Balaban J connectivity index is 2.31. The number of aliphatic hydroxyl groups is 1. The summed E-state index contributed by atoms with van der Waals surface area (Å²) in [4.78, 5) is 0. The lowest BCUT2D eigenvalue weighted by Crippen LogP contribution is -2.22. The number of halogens is 1. The first-order valence-corrected chi connectivity index (χ1v) is 4.59. The fourth-order valence-electron chi connectivity index (χ4n) is 1.86. The summed E-state index contributed by atoms with van der Waals surface area (Å²) in [6, 6.07) is 6.46. The highest BCUT2D eigenvalue weighted by atomic mass is 19.1. The molecule has 1 aromatic rings. The van der Waals surface area contributed by atoms with Crippen LogP contribution >= 0.6 is 0 Å². The molecule has 1 fully saturated rings. The highest BCUT2D eigenvalue weighted by molar-refractivity contribution is 5.32. The van der Waals surface area contributed by atoms with Gasteiger partial charge < -0.3 is 5.11 Å². The van der Waals surface area contributed by atoms with Gasteiger partial charge in [-0.25, -0.2) is 4.39 Å². The van der Waals surface area contributed by atoms with Gasteiger partial charge in [-0.3, -0.25) is 0 Å². The molecule has 1 saturated carbocycles. The molecule has 0 aromatic heterocycles. The summed E-state index contributed by atoms with van der Waals surface area (Å²) < 4.78 is 12.6. The van der Waals surface area contributed by atoms with Gasteiger partial charge in [0.05, 0.1) is 6.10 Å². The Morgan fingerprint density at radius 1 is 1.31 bits per heavy atom. The second kappa shape index (κ2) is 2.81. The Kier molecular flexibility index (Phi) is 1.88. The minimum absolute atomic E-state index is 0.0757. The zero-order valence-corrected chi connectivity index (χ0v) is 7.63. The van der Waals surface area contributed by atoms with E-state index in [1.165, 1.54) is 12.1 Å². The predicted octanol–water partition coefficient (Wildman–Crippen LogP) is 2.24. The van der Waals surface area contributed by atoms with Crippen LogP contribution in [-0.2, 0) is 5.41 Å². The van der Waals surface area contributed by atoms with Crippen LogP contribution in [0.5, 0.6) is 0 Å². The monoisotopic (exact) mass is 180 g/mol. The summed E-state index contributed by atoms with van der Waals surface area (Å²) >= 11 is 0. The second-order valence-electron chi connectivity index (χ2n) is 3.84. The smallest absolute Gasteiger partial charge is 0.123 e. The summed E-state index contributed by atoms with van der Waals surface area (Å²) in [6.45, 7) is 1.80. The molecular weight excluding hydrogens is 167 g/mol. The van der Waals surface area contributed by atoms with Gasteiger partial charge in [-0.15, -0.1) is 0 Å². The molecule has 1 aliphatic carbocycles. The van der Waals surface area contributed by atoms with Crippen LogP contribution in [0.4, 0.5) is 4.39 Å². The van der Waals surface area contributed by atoms with E-state index in [-0.39, 0.29) is 17.3 Å². The molecule has 13 heavy (non-hydrogen) atoms. The van der Waals surface area contributed by atoms with E-state index in [1.807, 2.05) is 0 Å². The second-order valence-corrected chi connectivity index (χ2v) is 3.84. The highest BCUT2D eigenvalue weighted by Gasteiger charge is 2.48. The van der Waals surface area contributed by atoms with Gasteiger partial charge >= 0.3 is 0 Å². The Labute approximate surface area is 77.2 Å². The van der Waals surface area contributed by atoms with Crippen molar-refractivity contribution in [1.29, 1.82) is 0 Å². The highest BCUT2D eigenvalue weighted by Crippen LogP contribution is 2.50. The quantitative estimate of drug-likeness (QED) is 0.740. The number of hydrogen-bond acceptors (Lipinski definition) is 1. The van der Waals surface area contributed by atoms with E-state index in [4.69, 9.17) is 0 Å². The van der Waals surface area contributed by atoms with Gasteiger partial charge in [0.1, 0.15) is 5.82 Å². The van der Waals surface area contributed by atoms with Gasteiger partial charge in [-0.2, -0.15) is 0 Å². The average molecular weight is 180 g/mol. The molecule has 0 heterocycles. The Hall–Kier alpha value is -0.890. The van der Waals surface area contributed by atoms with Crippen LogP contribution in [-0.4, -0.2) is 11.2 Å². The van der Waals surface area contributed by atoms with Gasteiger partial charge in [-0.1, -0.05) is 12.1 Å². The molecule has 0 bridgehead atoms. The molecule has 0 radical (unpaired) electrons. The summed E-state index contributed by atoms with van der Waals surface area (Å²) in [5, 5.41) is 9.57. The molecule has 2 heteroatoms. The molecule has 0 saturated heterocycles. The van der Waals surface area contributed by atoms with Gasteiger partial charge in [0.25, 0.3) is 0 Å². The molecule has 0 spiro atoms. The fraction of sp³-hybridized carbons (Fsp3) is 0.455. The SMILES string of the molecule is CC(O)C1(c2ccc(F)cc2)CC1. The number of rotatable bonds is 2. The van der Waals surface area contributed by atoms with Crippen molar-refractivity contribution in [3.05, 3.63) is 35.6 Å². The van der Waals surface area contributed by atoms with E-state index in [1.54, 1.807) is 19.1 Å². The van der Waals surface area contributed by atoms with E-state index in [2.05, 4.69) is 0 Å². The van der Waals surface area contributed by atoms with Crippen molar-refractivity contribution < 1.29 is 9.50 Å². The van der Waals surface area contributed by atoms with Crippen molar-refractivity contribution >= 4 is 0 Å². The first kappa shape index (κ1) is 8.70. The fourth-order valence-corrected chi connectivity index (χ4v) is 1.86. The van der Waals surface area contributed by atoms with Crippen molar-refractivity contribution in [2.45, 2.75) is 31.3 Å². The molecule has 1 nitrogen and oxygen atoms in total. The molecule has 0 amide bonds. The summed E-state index contributed by atoms with van der Waals surface area (Å²) in [6.07, 6.45) is 1.69. The molecule has 1 aliphatic rings. The van der Waals surface area contributed by atoms with Crippen LogP contribution in [0, 0.1) is 5.82 Å². The van der Waals surface area contributed by atoms with Gasteiger partial charge in [0.2, 0.25) is 0 Å². The van der Waals surface area contributed by atoms with E-state index in [0.29, 0.717) is 0 Å². The van der Waals surface area contributed by atoms with Crippen LogP contribution in [0.25, 0.3) is 0 Å². The van der Waals surface area contributed by atoms with E-state index in [9.17, 15) is 9.50 Å². The number of hydrogen-bond donors (Lipinski definition) is 1. The van der Waals surface area contributed by atoms with Crippen molar-refractivity contribution in [3.63, 3.8) is 0 Å². The van der Waals surface area contributed by atoms with Crippen LogP contribution in [0.2, 0.25) is 0 Å². The molecule has 1 atom stereocenters. The maximum absolute atomic E-state index is 12.6. The van der Waals surface area contributed by atoms with Crippen molar-refractivity contribution in [2.75, 3.05) is 0 Å². The van der Waals surface area contributed by atoms with Crippen molar-refractivity contribution in [1.82, 2.24) is 0 Å². The van der Waals surface area contributed by atoms with E-state index < -0.39 is 0 Å². The zero-order valence-electron chi connectivity index (χ0n) is 7.63. The zero-order chi connectivity index (χ0) is 9.47. The predicted molar refractivity (Wildman–Crippen MR) is 49.0 cm³/mol. The lowest BCUT2D eigenvalue weighted by Gasteiger charge is -2.18.